The number of amides is 1. The number of carbonyl (C=O) groups excluding carboxylic acids is 1. The van der Waals surface area contributed by atoms with E-state index in [0.29, 0.717) is 15.9 Å². The molecule has 1 aromatic heterocycles. The lowest BCUT2D eigenvalue weighted by atomic mass is 10.0. The molecule has 150 valence electrons. The predicted octanol–water partition coefficient (Wildman–Crippen LogP) is 5.45. The number of likely N-dealkylation sites (tertiary alicyclic amines) is 1. The van der Waals surface area contributed by atoms with Gasteiger partial charge in [-0.3, -0.25) is 9.36 Å². The Hall–Kier alpha value is -1.83. The van der Waals surface area contributed by atoms with Crippen molar-refractivity contribution in [3.05, 3.63) is 69.4 Å². The van der Waals surface area contributed by atoms with Crippen molar-refractivity contribution in [2.75, 3.05) is 12.3 Å². The summed E-state index contributed by atoms with van der Waals surface area (Å²) in [4.78, 5) is 15.0. The van der Waals surface area contributed by atoms with Crippen LogP contribution in [0.1, 0.15) is 30.0 Å². The first-order chi connectivity index (χ1) is 14.0. The van der Waals surface area contributed by atoms with E-state index in [0.717, 1.165) is 35.1 Å². The van der Waals surface area contributed by atoms with E-state index >= 15 is 0 Å². The molecule has 1 unspecified atom stereocenters. The highest BCUT2D eigenvalue weighted by Crippen LogP contribution is 2.34. The maximum absolute atomic E-state index is 13.0. The Labute approximate surface area is 187 Å². The first-order valence-corrected chi connectivity index (χ1v) is 11.5. The molecule has 1 amide bonds. The second-order valence-electron chi connectivity index (χ2n) is 7.01. The quantitative estimate of drug-likeness (QED) is 0.446. The lowest BCUT2D eigenvalue weighted by Gasteiger charge is -2.25. The Balaban J connectivity index is 1.46. The third-order valence-electron chi connectivity index (χ3n) is 5.08. The van der Waals surface area contributed by atoms with Gasteiger partial charge in [-0.2, -0.15) is 0 Å². The lowest BCUT2D eigenvalue weighted by Crippen LogP contribution is -2.32. The van der Waals surface area contributed by atoms with Crippen molar-refractivity contribution in [2.24, 2.45) is 0 Å². The number of aryl methyl sites for hydroxylation is 1. The van der Waals surface area contributed by atoms with E-state index < -0.39 is 0 Å². The molecule has 0 bridgehead atoms. The topological polar surface area (TPSA) is 51.0 Å². The van der Waals surface area contributed by atoms with Gasteiger partial charge in [0.1, 0.15) is 6.33 Å². The minimum absolute atomic E-state index is 0.119. The van der Waals surface area contributed by atoms with Crippen molar-refractivity contribution in [2.45, 2.75) is 31.0 Å². The van der Waals surface area contributed by atoms with E-state index in [1.807, 2.05) is 46.7 Å². The summed E-state index contributed by atoms with van der Waals surface area (Å²) in [7, 11) is 0. The predicted molar refractivity (Wildman–Crippen MR) is 120 cm³/mol. The Kier molecular flexibility index (Phi) is 6.27. The molecule has 0 saturated carbocycles. The van der Waals surface area contributed by atoms with Gasteiger partial charge < -0.3 is 4.90 Å². The molecule has 1 aliphatic rings. The first kappa shape index (κ1) is 20.4. The lowest BCUT2D eigenvalue weighted by molar-refractivity contribution is -0.129. The van der Waals surface area contributed by atoms with Crippen molar-refractivity contribution < 1.29 is 4.79 Å². The molecule has 0 aliphatic carbocycles. The van der Waals surface area contributed by atoms with E-state index in [2.05, 4.69) is 38.3 Å². The normalized spacial score (nSPS) is 16.4. The Morgan fingerprint density at radius 3 is 2.97 bits per heavy atom. The molecule has 1 saturated heterocycles. The van der Waals surface area contributed by atoms with Crippen LogP contribution in [0.4, 0.5) is 0 Å². The molecule has 2 heterocycles. The molecular weight excluding hydrogens is 472 g/mol. The van der Waals surface area contributed by atoms with Crippen LogP contribution >= 0.6 is 39.3 Å². The monoisotopic (exact) mass is 490 g/mol. The first-order valence-electron chi connectivity index (χ1n) is 9.37. The molecule has 3 aromatic rings. The van der Waals surface area contributed by atoms with E-state index in [-0.39, 0.29) is 11.9 Å². The maximum atomic E-state index is 13.0. The molecular formula is C21H20BrClN4OS. The summed E-state index contributed by atoms with van der Waals surface area (Å²) in [5, 5.41) is 9.57. The van der Waals surface area contributed by atoms with E-state index in [4.69, 9.17) is 11.6 Å². The van der Waals surface area contributed by atoms with Gasteiger partial charge in [0.25, 0.3) is 0 Å². The van der Waals surface area contributed by atoms with E-state index in [1.165, 1.54) is 17.3 Å². The smallest absolute Gasteiger partial charge is 0.233 e. The second kappa shape index (κ2) is 8.90. The zero-order valence-corrected chi connectivity index (χ0v) is 19.0. The summed E-state index contributed by atoms with van der Waals surface area (Å²) >= 11 is 11.2. The SMILES string of the molecule is Cc1ccc(-n2cnnc2SCC(=O)N2CCCC2c2cccc(Br)c2)cc1Cl. The average Bonchev–Trinajstić information content (AvgIpc) is 3.38. The highest BCUT2D eigenvalue weighted by molar-refractivity contribution is 9.10. The largest absolute Gasteiger partial charge is 0.335 e. The molecule has 5 nitrogen and oxygen atoms in total. The van der Waals surface area contributed by atoms with Crippen molar-refractivity contribution in [1.82, 2.24) is 19.7 Å². The van der Waals surface area contributed by atoms with Gasteiger partial charge >= 0.3 is 0 Å². The van der Waals surface area contributed by atoms with E-state index in [9.17, 15) is 4.79 Å². The molecule has 1 aliphatic heterocycles. The maximum Gasteiger partial charge on any atom is 0.233 e. The van der Waals surface area contributed by atoms with Gasteiger partial charge in [0, 0.05) is 16.0 Å². The summed E-state index contributed by atoms with van der Waals surface area (Å²) in [6.07, 6.45) is 3.66. The fourth-order valence-corrected chi connectivity index (χ4v) is 4.97. The summed E-state index contributed by atoms with van der Waals surface area (Å²) in [5.74, 6) is 0.442. The van der Waals surface area contributed by atoms with Crippen LogP contribution in [0.15, 0.2) is 58.4 Å². The summed E-state index contributed by atoms with van der Waals surface area (Å²) in [6, 6.07) is 14.2. The Morgan fingerprint density at radius 1 is 1.31 bits per heavy atom. The third kappa shape index (κ3) is 4.52. The summed E-state index contributed by atoms with van der Waals surface area (Å²) in [5.41, 5.74) is 3.07. The van der Waals surface area contributed by atoms with Crippen LogP contribution in [-0.2, 0) is 4.79 Å². The van der Waals surface area contributed by atoms with Gasteiger partial charge in [-0.25, -0.2) is 0 Å². The molecule has 2 aromatic carbocycles. The zero-order chi connectivity index (χ0) is 20.4. The Bertz CT molecular complexity index is 1040. The molecule has 1 atom stereocenters. The molecule has 1 fully saturated rings. The number of thioether (sulfide) groups is 1. The number of aromatic nitrogens is 3. The van der Waals surface area contributed by atoms with Crippen LogP contribution in [0.5, 0.6) is 0 Å². The fraction of sp³-hybridized carbons (Fsp3) is 0.286. The zero-order valence-electron chi connectivity index (χ0n) is 15.9. The highest BCUT2D eigenvalue weighted by atomic mass is 79.9. The van der Waals surface area contributed by atoms with E-state index in [1.54, 1.807) is 6.33 Å². The molecule has 0 radical (unpaired) electrons. The van der Waals surface area contributed by atoms with Crippen LogP contribution in [0.3, 0.4) is 0 Å². The fourth-order valence-electron chi connectivity index (χ4n) is 3.57. The molecule has 4 rings (SSSR count). The number of rotatable bonds is 5. The van der Waals surface area contributed by atoms with Gasteiger partial charge in [-0.05, 0) is 55.2 Å². The van der Waals surface area contributed by atoms with Crippen LogP contribution < -0.4 is 0 Å². The number of nitrogens with zero attached hydrogens (tertiary/aromatic N) is 4. The average molecular weight is 492 g/mol. The number of halogens is 2. The minimum Gasteiger partial charge on any atom is -0.335 e. The third-order valence-corrected chi connectivity index (χ3v) is 6.91. The van der Waals surface area contributed by atoms with Crippen LogP contribution in [-0.4, -0.2) is 37.9 Å². The highest BCUT2D eigenvalue weighted by Gasteiger charge is 2.30. The number of carbonyl (C=O) groups is 1. The second-order valence-corrected chi connectivity index (χ2v) is 9.27. The van der Waals surface area contributed by atoms with Gasteiger partial charge in [-0.15, -0.1) is 10.2 Å². The van der Waals surface area contributed by atoms with Gasteiger partial charge in [-0.1, -0.05) is 57.5 Å². The minimum atomic E-state index is 0.119. The van der Waals surface area contributed by atoms with Crippen LogP contribution in [0, 0.1) is 6.92 Å². The summed E-state index contributed by atoms with van der Waals surface area (Å²) < 4.78 is 2.90. The standard InChI is InChI=1S/C21H20BrClN4OS/c1-14-7-8-17(11-18(14)23)27-13-24-25-21(27)29-12-20(28)26-9-3-6-19(26)15-4-2-5-16(22)10-15/h2,4-5,7-8,10-11,13,19H,3,6,9,12H2,1H3. The van der Waals surface area contributed by atoms with Crippen LogP contribution in [0.25, 0.3) is 5.69 Å². The summed E-state index contributed by atoms with van der Waals surface area (Å²) in [6.45, 7) is 2.75. The molecule has 0 N–H and O–H groups in total. The van der Waals surface area contributed by atoms with Gasteiger partial charge in [0.2, 0.25) is 5.91 Å². The molecule has 0 spiro atoms. The number of hydrogen-bond acceptors (Lipinski definition) is 4. The molecule has 8 heteroatoms. The van der Waals surface area contributed by atoms with Crippen molar-refractivity contribution in [3.63, 3.8) is 0 Å². The van der Waals surface area contributed by atoms with Crippen molar-refractivity contribution >= 4 is 45.2 Å². The van der Waals surface area contributed by atoms with Gasteiger partial charge in [0.05, 0.1) is 17.5 Å². The molecule has 29 heavy (non-hydrogen) atoms. The van der Waals surface area contributed by atoms with Crippen molar-refractivity contribution in [1.29, 1.82) is 0 Å². The van der Waals surface area contributed by atoms with Gasteiger partial charge in [0.15, 0.2) is 5.16 Å². The van der Waals surface area contributed by atoms with Crippen molar-refractivity contribution in [3.8, 4) is 5.69 Å². The number of hydrogen-bond donors (Lipinski definition) is 0. The van der Waals surface area contributed by atoms with Crippen LogP contribution in [0.2, 0.25) is 5.02 Å². The number of benzene rings is 2. The Morgan fingerprint density at radius 2 is 2.17 bits per heavy atom.